The van der Waals surface area contributed by atoms with Crippen LogP contribution in [0.3, 0.4) is 0 Å². The minimum Gasteiger partial charge on any atom is -0.466 e. The molecule has 0 spiro atoms. The number of nitro groups is 1. The van der Waals surface area contributed by atoms with E-state index in [1.54, 1.807) is 13.0 Å². The lowest BCUT2D eigenvalue weighted by molar-refractivity contribution is -0.485. The summed E-state index contributed by atoms with van der Waals surface area (Å²) in [5.74, 6) is -0.758. The van der Waals surface area contributed by atoms with Crippen molar-refractivity contribution in [3.8, 4) is 0 Å². The highest BCUT2D eigenvalue weighted by atomic mass is 16.6. The van der Waals surface area contributed by atoms with Gasteiger partial charge in [-0.15, -0.1) is 0 Å². The summed E-state index contributed by atoms with van der Waals surface area (Å²) in [4.78, 5) is 21.1. The highest BCUT2D eigenvalue weighted by Gasteiger charge is 2.17. The normalized spacial score (nSPS) is 11.7. The summed E-state index contributed by atoms with van der Waals surface area (Å²) in [5.41, 5.74) is 0.964. The number of esters is 1. The van der Waals surface area contributed by atoms with Gasteiger partial charge in [0.05, 0.1) is 18.9 Å². The van der Waals surface area contributed by atoms with Gasteiger partial charge in [0.25, 0.3) is 0 Å². The van der Waals surface area contributed by atoms with Gasteiger partial charge in [-0.1, -0.05) is 11.6 Å². The molecule has 0 aromatic carbocycles. The number of ether oxygens (including phenoxy) is 1. The number of allylic oxidation sites excluding steroid dienone is 1. The van der Waals surface area contributed by atoms with E-state index in [9.17, 15) is 14.9 Å². The number of carbonyl (C=O) groups excluding carboxylic acids is 1. The smallest absolute Gasteiger partial charge is 0.306 e. The van der Waals surface area contributed by atoms with Crippen molar-refractivity contribution in [1.82, 2.24) is 0 Å². The van der Waals surface area contributed by atoms with E-state index in [-0.39, 0.29) is 24.9 Å². The van der Waals surface area contributed by atoms with Crippen LogP contribution in [0.1, 0.15) is 27.2 Å². The van der Waals surface area contributed by atoms with Gasteiger partial charge in [-0.25, -0.2) is 0 Å². The SMILES string of the molecule is CCOC(=O)C[C@@H](C=C(C)C)C[N+](=O)[O-]. The lowest BCUT2D eigenvalue weighted by Gasteiger charge is -2.08. The monoisotopic (exact) mass is 215 g/mol. The van der Waals surface area contributed by atoms with Crippen molar-refractivity contribution in [3.05, 3.63) is 21.8 Å². The quantitative estimate of drug-likeness (QED) is 0.293. The molecule has 0 aliphatic heterocycles. The first-order valence-electron chi connectivity index (χ1n) is 4.88. The zero-order chi connectivity index (χ0) is 11.8. The van der Waals surface area contributed by atoms with Crippen LogP contribution >= 0.6 is 0 Å². The third-order valence-corrected chi connectivity index (χ3v) is 1.69. The molecule has 0 heterocycles. The number of hydrogen-bond acceptors (Lipinski definition) is 4. The van der Waals surface area contributed by atoms with Crippen molar-refractivity contribution in [2.45, 2.75) is 27.2 Å². The third-order valence-electron chi connectivity index (χ3n) is 1.69. The predicted octanol–water partition coefficient (Wildman–Crippen LogP) is 1.80. The Hall–Kier alpha value is -1.39. The topological polar surface area (TPSA) is 69.4 Å². The Labute approximate surface area is 89.3 Å². The molecular weight excluding hydrogens is 198 g/mol. The van der Waals surface area contributed by atoms with E-state index in [0.717, 1.165) is 5.57 Å². The van der Waals surface area contributed by atoms with Gasteiger partial charge < -0.3 is 4.74 Å². The molecule has 5 heteroatoms. The highest BCUT2D eigenvalue weighted by molar-refractivity contribution is 5.69. The van der Waals surface area contributed by atoms with Gasteiger partial charge in [-0.3, -0.25) is 14.9 Å². The van der Waals surface area contributed by atoms with Crippen LogP contribution in [0, 0.1) is 16.0 Å². The molecule has 0 aromatic heterocycles. The predicted molar refractivity (Wildman–Crippen MR) is 56.0 cm³/mol. The van der Waals surface area contributed by atoms with Crippen molar-refractivity contribution < 1.29 is 14.5 Å². The summed E-state index contributed by atoms with van der Waals surface area (Å²) in [6.45, 7) is 5.47. The fourth-order valence-electron chi connectivity index (χ4n) is 1.27. The molecule has 0 N–H and O–H groups in total. The molecule has 0 amide bonds. The van der Waals surface area contributed by atoms with Crippen LogP contribution < -0.4 is 0 Å². The Balaban J connectivity index is 4.30. The summed E-state index contributed by atoms with van der Waals surface area (Å²) >= 11 is 0. The summed E-state index contributed by atoms with van der Waals surface area (Å²) in [6, 6.07) is 0. The van der Waals surface area contributed by atoms with Crippen LogP contribution in [0.25, 0.3) is 0 Å². The van der Waals surface area contributed by atoms with E-state index in [4.69, 9.17) is 4.74 Å². The first kappa shape index (κ1) is 13.6. The van der Waals surface area contributed by atoms with Gasteiger partial charge in [-0.2, -0.15) is 0 Å². The molecule has 0 saturated heterocycles. The second kappa shape index (κ2) is 6.98. The van der Waals surface area contributed by atoms with Gasteiger partial charge in [0.2, 0.25) is 6.54 Å². The molecule has 0 radical (unpaired) electrons. The van der Waals surface area contributed by atoms with Gasteiger partial charge in [0.1, 0.15) is 0 Å². The van der Waals surface area contributed by atoms with Gasteiger partial charge in [0.15, 0.2) is 0 Å². The number of nitrogens with zero attached hydrogens (tertiary/aromatic N) is 1. The van der Waals surface area contributed by atoms with Crippen molar-refractivity contribution in [2.24, 2.45) is 5.92 Å². The third kappa shape index (κ3) is 7.66. The van der Waals surface area contributed by atoms with Crippen molar-refractivity contribution >= 4 is 5.97 Å². The maximum Gasteiger partial charge on any atom is 0.306 e. The molecule has 1 atom stereocenters. The Morgan fingerprint density at radius 1 is 1.53 bits per heavy atom. The Bertz CT molecular complexity index is 256. The molecule has 0 aromatic rings. The molecule has 86 valence electrons. The van der Waals surface area contributed by atoms with Crippen LogP contribution in [-0.4, -0.2) is 24.0 Å². The number of hydrogen-bond donors (Lipinski definition) is 0. The largest absolute Gasteiger partial charge is 0.466 e. The lowest BCUT2D eigenvalue weighted by Crippen LogP contribution is -2.18. The van der Waals surface area contributed by atoms with Crippen molar-refractivity contribution in [1.29, 1.82) is 0 Å². The summed E-state index contributed by atoms with van der Waals surface area (Å²) < 4.78 is 4.74. The van der Waals surface area contributed by atoms with E-state index in [1.807, 2.05) is 13.8 Å². The Morgan fingerprint density at radius 3 is 2.53 bits per heavy atom. The second-order valence-electron chi connectivity index (χ2n) is 3.53. The van der Waals surface area contributed by atoms with Gasteiger partial charge in [0, 0.05) is 4.92 Å². The molecule has 0 aliphatic carbocycles. The molecule has 0 bridgehead atoms. The second-order valence-corrected chi connectivity index (χ2v) is 3.53. The van der Waals surface area contributed by atoms with Crippen LogP contribution in [0.15, 0.2) is 11.6 Å². The zero-order valence-electron chi connectivity index (χ0n) is 9.36. The van der Waals surface area contributed by atoms with E-state index < -0.39 is 4.92 Å². The molecule has 5 nitrogen and oxygen atoms in total. The fraction of sp³-hybridized carbons (Fsp3) is 0.700. The van der Waals surface area contributed by atoms with E-state index in [2.05, 4.69) is 0 Å². The maximum absolute atomic E-state index is 11.1. The molecule has 0 saturated carbocycles. The molecular formula is C10H17NO4. The minimum atomic E-state index is -0.413. The molecule has 0 aliphatic rings. The minimum absolute atomic E-state index is 0.0694. The van der Waals surface area contributed by atoms with Crippen molar-refractivity contribution in [2.75, 3.05) is 13.2 Å². The first-order chi connectivity index (χ1) is 6.95. The number of carbonyl (C=O) groups is 1. The fourth-order valence-corrected chi connectivity index (χ4v) is 1.27. The average molecular weight is 215 g/mol. The highest BCUT2D eigenvalue weighted by Crippen LogP contribution is 2.10. The molecule has 0 fully saturated rings. The van der Waals surface area contributed by atoms with Crippen LogP contribution in [0.5, 0.6) is 0 Å². The first-order valence-corrected chi connectivity index (χ1v) is 4.88. The summed E-state index contributed by atoms with van der Waals surface area (Å²) in [6.07, 6.45) is 1.81. The van der Waals surface area contributed by atoms with Crippen LogP contribution in [0.4, 0.5) is 0 Å². The Morgan fingerprint density at radius 2 is 2.13 bits per heavy atom. The van der Waals surface area contributed by atoms with Crippen LogP contribution in [-0.2, 0) is 9.53 Å². The van der Waals surface area contributed by atoms with Gasteiger partial charge >= 0.3 is 5.97 Å². The van der Waals surface area contributed by atoms with E-state index in [0.29, 0.717) is 6.61 Å². The van der Waals surface area contributed by atoms with E-state index in [1.165, 1.54) is 0 Å². The zero-order valence-corrected chi connectivity index (χ0v) is 9.36. The van der Waals surface area contributed by atoms with Gasteiger partial charge in [-0.05, 0) is 20.8 Å². The Kier molecular flexibility index (Phi) is 6.33. The maximum atomic E-state index is 11.1. The molecule has 15 heavy (non-hydrogen) atoms. The lowest BCUT2D eigenvalue weighted by atomic mass is 10.0. The summed E-state index contributed by atoms with van der Waals surface area (Å²) in [7, 11) is 0. The summed E-state index contributed by atoms with van der Waals surface area (Å²) in [5, 5.41) is 10.4. The molecule has 0 rings (SSSR count). The van der Waals surface area contributed by atoms with E-state index >= 15 is 0 Å². The average Bonchev–Trinajstić information content (AvgIpc) is 2.00. The number of rotatable bonds is 6. The van der Waals surface area contributed by atoms with Crippen molar-refractivity contribution in [3.63, 3.8) is 0 Å². The standard InChI is InChI=1S/C10H17NO4/c1-4-15-10(12)6-9(5-8(2)3)7-11(13)14/h5,9H,4,6-7H2,1-3H3/t9-/m1/s1. The van der Waals surface area contributed by atoms with Crippen LogP contribution in [0.2, 0.25) is 0 Å². The molecule has 0 unspecified atom stereocenters.